The smallest absolute Gasteiger partial charge is 0.295 e. The van der Waals surface area contributed by atoms with Crippen molar-refractivity contribution in [2.45, 2.75) is 58.7 Å². The van der Waals surface area contributed by atoms with Gasteiger partial charge in [-0.15, -0.1) is 0 Å². The molecule has 0 aliphatic heterocycles. The molecule has 4 heteroatoms. The summed E-state index contributed by atoms with van der Waals surface area (Å²) >= 11 is 0. The Labute approximate surface area is 97.0 Å². The number of alkyl halides is 3. The summed E-state index contributed by atoms with van der Waals surface area (Å²) < 4.78 is 36.3. The molecular formula is C12H24F3N. The van der Waals surface area contributed by atoms with Gasteiger partial charge in [0.25, 0.3) is 0 Å². The Morgan fingerprint density at radius 1 is 1.06 bits per heavy atom. The van der Waals surface area contributed by atoms with Gasteiger partial charge in [0.05, 0.1) is 6.54 Å². The molecule has 0 aromatic rings. The van der Waals surface area contributed by atoms with Gasteiger partial charge in [-0.3, -0.25) is 4.90 Å². The van der Waals surface area contributed by atoms with Crippen LogP contribution in [0.3, 0.4) is 0 Å². The van der Waals surface area contributed by atoms with Crippen LogP contribution in [0.25, 0.3) is 0 Å². The third-order valence-corrected chi connectivity index (χ3v) is 3.04. The topological polar surface area (TPSA) is 3.24 Å². The van der Waals surface area contributed by atoms with E-state index in [0.29, 0.717) is 5.92 Å². The second kappa shape index (κ2) is 7.15. The van der Waals surface area contributed by atoms with Gasteiger partial charge in [0, 0.05) is 6.04 Å². The van der Waals surface area contributed by atoms with E-state index < -0.39 is 12.7 Å². The van der Waals surface area contributed by atoms with Crippen LogP contribution >= 0.6 is 0 Å². The molecule has 1 rings (SSSR count). The van der Waals surface area contributed by atoms with Gasteiger partial charge in [0.1, 0.15) is 0 Å². The second-order valence-electron chi connectivity index (χ2n) is 4.44. The Balaban J connectivity index is 0.00000106. The van der Waals surface area contributed by atoms with Gasteiger partial charge < -0.3 is 0 Å². The molecule has 98 valence electrons. The van der Waals surface area contributed by atoms with Crippen LogP contribution in [-0.4, -0.2) is 30.7 Å². The van der Waals surface area contributed by atoms with Crippen molar-refractivity contribution in [2.24, 2.45) is 5.92 Å². The highest BCUT2D eigenvalue weighted by Crippen LogP contribution is 2.28. The maximum absolute atomic E-state index is 12.1. The quantitative estimate of drug-likeness (QED) is 0.701. The molecule has 1 fully saturated rings. The van der Waals surface area contributed by atoms with Crippen molar-refractivity contribution in [1.29, 1.82) is 0 Å². The Morgan fingerprint density at radius 3 is 1.88 bits per heavy atom. The van der Waals surface area contributed by atoms with Crippen molar-refractivity contribution < 1.29 is 13.2 Å². The average Bonchev–Trinajstić information content (AvgIpc) is 2.19. The summed E-state index contributed by atoms with van der Waals surface area (Å²) in [6.45, 7) is 5.39. The monoisotopic (exact) mass is 239 g/mol. The fraction of sp³-hybridized carbons (Fsp3) is 1.00. The Bertz CT molecular complexity index is 172. The van der Waals surface area contributed by atoms with Crippen LogP contribution in [0.4, 0.5) is 13.2 Å². The summed E-state index contributed by atoms with van der Waals surface area (Å²) in [6, 6.07) is 0.132. The minimum atomic E-state index is -4.06. The zero-order valence-electron chi connectivity index (χ0n) is 10.8. The largest absolute Gasteiger partial charge is 0.401 e. The van der Waals surface area contributed by atoms with Crippen LogP contribution in [0.1, 0.15) is 46.5 Å². The van der Waals surface area contributed by atoms with Gasteiger partial charge in [-0.25, -0.2) is 0 Å². The summed E-state index contributed by atoms with van der Waals surface area (Å²) in [4.78, 5) is 1.45. The zero-order chi connectivity index (χ0) is 12.8. The molecule has 16 heavy (non-hydrogen) atoms. The van der Waals surface area contributed by atoms with Gasteiger partial charge in [-0.05, 0) is 38.6 Å². The summed E-state index contributed by atoms with van der Waals surface area (Å²) in [7, 11) is 1.58. The minimum absolute atomic E-state index is 0.132. The van der Waals surface area contributed by atoms with Gasteiger partial charge in [-0.1, -0.05) is 20.8 Å². The molecule has 1 saturated carbocycles. The molecule has 0 spiro atoms. The number of hydrogen-bond donors (Lipinski definition) is 0. The van der Waals surface area contributed by atoms with Crippen molar-refractivity contribution in [3.8, 4) is 0 Å². The molecule has 1 aliphatic carbocycles. The second-order valence-corrected chi connectivity index (χ2v) is 4.44. The lowest BCUT2D eigenvalue weighted by Crippen LogP contribution is -2.40. The van der Waals surface area contributed by atoms with Crippen LogP contribution in [0.15, 0.2) is 0 Å². The fourth-order valence-electron chi connectivity index (χ4n) is 2.10. The molecule has 0 aromatic heterocycles. The van der Waals surface area contributed by atoms with Crippen LogP contribution in [0.2, 0.25) is 0 Å². The highest BCUT2D eigenvalue weighted by molar-refractivity contribution is 4.77. The standard InChI is InChI=1S/C10H18F3N.C2H6/c1-8-3-5-9(6-4-8)14(2)7-10(11,12)13;1-2/h8-9H,3-7H2,1-2H3;1-2H3. The Morgan fingerprint density at radius 2 is 1.50 bits per heavy atom. The first kappa shape index (κ1) is 15.8. The van der Waals surface area contributed by atoms with Gasteiger partial charge in [-0.2, -0.15) is 13.2 Å². The van der Waals surface area contributed by atoms with E-state index in [-0.39, 0.29) is 6.04 Å². The Hall–Kier alpha value is -0.250. The molecule has 1 nitrogen and oxygen atoms in total. The fourth-order valence-corrected chi connectivity index (χ4v) is 2.10. The maximum Gasteiger partial charge on any atom is 0.401 e. The molecule has 0 saturated heterocycles. The van der Waals surface area contributed by atoms with Crippen LogP contribution in [-0.2, 0) is 0 Å². The van der Waals surface area contributed by atoms with Crippen LogP contribution < -0.4 is 0 Å². The Kier molecular flexibility index (Phi) is 7.04. The van der Waals surface area contributed by atoms with E-state index in [4.69, 9.17) is 0 Å². The third kappa shape index (κ3) is 6.36. The lowest BCUT2D eigenvalue weighted by atomic mass is 9.87. The summed E-state index contributed by atoms with van der Waals surface area (Å²) in [6.07, 6.45) is -0.112. The van der Waals surface area contributed by atoms with Gasteiger partial charge >= 0.3 is 6.18 Å². The van der Waals surface area contributed by atoms with Crippen molar-refractivity contribution in [3.63, 3.8) is 0 Å². The van der Waals surface area contributed by atoms with E-state index >= 15 is 0 Å². The molecule has 0 unspecified atom stereocenters. The van der Waals surface area contributed by atoms with E-state index in [1.54, 1.807) is 7.05 Å². The van der Waals surface area contributed by atoms with E-state index in [2.05, 4.69) is 6.92 Å². The first-order valence-electron chi connectivity index (χ1n) is 6.15. The van der Waals surface area contributed by atoms with Crippen molar-refractivity contribution in [3.05, 3.63) is 0 Å². The summed E-state index contributed by atoms with van der Waals surface area (Å²) in [5, 5.41) is 0. The zero-order valence-corrected chi connectivity index (χ0v) is 10.8. The highest BCUT2D eigenvalue weighted by Gasteiger charge is 2.32. The normalized spacial score (nSPS) is 26.2. The number of nitrogens with zero attached hydrogens (tertiary/aromatic N) is 1. The van der Waals surface area contributed by atoms with Gasteiger partial charge in [0.2, 0.25) is 0 Å². The van der Waals surface area contributed by atoms with E-state index in [1.807, 2.05) is 13.8 Å². The minimum Gasteiger partial charge on any atom is -0.295 e. The molecule has 0 N–H and O–H groups in total. The van der Waals surface area contributed by atoms with E-state index in [1.165, 1.54) is 4.90 Å². The number of rotatable bonds is 2. The molecule has 0 bridgehead atoms. The first-order chi connectivity index (χ1) is 7.38. The summed E-state index contributed by atoms with van der Waals surface area (Å²) in [5.74, 6) is 0.686. The lowest BCUT2D eigenvalue weighted by Gasteiger charge is -2.33. The molecule has 1 aliphatic rings. The predicted molar refractivity (Wildman–Crippen MR) is 61.5 cm³/mol. The maximum atomic E-state index is 12.1. The van der Waals surface area contributed by atoms with Gasteiger partial charge in [0.15, 0.2) is 0 Å². The number of halogens is 3. The van der Waals surface area contributed by atoms with Crippen molar-refractivity contribution >= 4 is 0 Å². The van der Waals surface area contributed by atoms with E-state index in [9.17, 15) is 13.2 Å². The highest BCUT2D eigenvalue weighted by atomic mass is 19.4. The molecular weight excluding hydrogens is 215 g/mol. The predicted octanol–water partition coefficient (Wildman–Crippen LogP) is 4.09. The molecule has 0 aromatic carbocycles. The third-order valence-electron chi connectivity index (χ3n) is 3.04. The average molecular weight is 239 g/mol. The molecule has 0 amide bonds. The summed E-state index contributed by atoms with van der Waals surface area (Å²) in [5.41, 5.74) is 0. The van der Waals surface area contributed by atoms with Crippen molar-refractivity contribution in [2.75, 3.05) is 13.6 Å². The molecule has 0 heterocycles. The first-order valence-corrected chi connectivity index (χ1v) is 6.15. The lowest BCUT2D eigenvalue weighted by molar-refractivity contribution is -0.148. The SMILES string of the molecule is CC.CC1CCC(N(C)CC(F)(F)F)CC1. The van der Waals surface area contributed by atoms with Crippen LogP contribution in [0, 0.1) is 5.92 Å². The molecule has 0 atom stereocenters. The number of hydrogen-bond acceptors (Lipinski definition) is 1. The molecule has 0 radical (unpaired) electrons. The van der Waals surface area contributed by atoms with E-state index in [0.717, 1.165) is 25.7 Å². The van der Waals surface area contributed by atoms with Crippen LogP contribution in [0.5, 0.6) is 0 Å². The van der Waals surface area contributed by atoms with Crippen molar-refractivity contribution in [1.82, 2.24) is 4.90 Å².